The van der Waals surface area contributed by atoms with E-state index in [1.807, 2.05) is 68.4 Å². The third-order valence-electron chi connectivity index (χ3n) is 4.88. The molecule has 1 amide bonds. The van der Waals surface area contributed by atoms with Crippen LogP contribution in [0.5, 0.6) is 0 Å². The Balaban J connectivity index is 1.76. The number of rotatable bonds is 7. The standard InChI is InChI=1S/C22H23Cl2N3O/c1-15-11-12-25-27(15)14-22(28)26-16(2)21(18-5-9-20(24)10-6-18)13-17-3-7-19(23)8-4-17/h3-12,16,21H,13-14H2,1-2H3,(H,26,28)/t16-,21+/m1/s1. The zero-order valence-electron chi connectivity index (χ0n) is 15.9. The van der Waals surface area contributed by atoms with Gasteiger partial charge < -0.3 is 5.32 Å². The van der Waals surface area contributed by atoms with E-state index in [1.165, 1.54) is 0 Å². The first-order valence-electron chi connectivity index (χ1n) is 9.20. The molecule has 1 N–H and O–H groups in total. The maximum atomic E-state index is 12.5. The van der Waals surface area contributed by atoms with E-state index in [-0.39, 0.29) is 24.4 Å². The van der Waals surface area contributed by atoms with Gasteiger partial charge in [-0.25, -0.2) is 0 Å². The Morgan fingerprint density at radius 3 is 2.21 bits per heavy atom. The highest BCUT2D eigenvalue weighted by Gasteiger charge is 2.22. The van der Waals surface area contributed by atoms with Crippen LogP contribution in [0.25, 0.3) is 0 Å². The van der Waals surface area contributed by atoms with Gasteiger partial charge in [-0.15, -0.1) is 0 Å². The minimum Gasteiger partial charge on any atom is -0.351 e. The maximum Gasteiger partial charge on any atom is 0.241 e. The first-order valence-corrected chi connectivity index (χ1v) is 9.95. The van der Waals surface area contributed by atoms with E-state index in [4.69, 9.17) is 23.2 Å². The molecule has 0 spiro atoms. The molecule has 3 rings (SSSR count). The lowest BCUT2D eigenvalue weighted by molar-refractivity contribution is -0.122. The van der Waals surface area contributed by atoms with Crippen molar-refractivity contribution in [2.24, 2.45) is 0 Å². The molecule has 0 saturated carbocycles. The van der Waals surface area contributed by atoms with Gasteiger partial charge in [0.25, 0.3) is 0 Å². The minimum atomic E-state index is -0.0692. The summed E-state index contributed by atoms with van der Waals surface area (Å²) in [6.07, 6.45) is 2.48. The first kappa shape index (κ1) is 20.4. The van der Waals surface area contributed by atoms with E-state index in [9.17, 15) is 4.79 Å². The molecule has 1 aromatic heterocycles. The SMILES string of the molecule is Cc1ccnn1CC(=O)N[C@H](C)[C@H](Cc1ccc(Cl)cc1)c1ccc(Cl)cc1. The number of benzene rings is 2. The summed E-state index contributed by atoms with van der Waals surface area (Å²) in [6.45, 7) is 4.17. The number of aryl methyl sites for hydroxylation is 1. The lowest BCUT2D eigenvalue weighted by Gasteiger charge is -2.26. The molecule has 1 heterocycles. The van der Waals surface area contributed by atoms with Crippen LogP contribution in [0.3, 0.4) is 0 Å². The van der Waals surface area contributed by atoms with E-state index in [1.54, 1.807) is 10.9 Å². The van der Waals surface area contributed by atoms with E-state index >= 15 is 0 Å². The van der Waals surface area contributed by atoms with Gasteiger partial charge in [0, 0.05) is 33.9 Å². The van der Waals surface area contributed by atoms with Crippen LogP contribution in [0.2, 0.25) is 10.0 Å². The van der Waals surface area contributed by atoms with Gasteiger partial charge in [-0.2, -0.15) is 5.10 Å². The second-order valence-corrected chi connectivity index (χ2v) is 7.85. The number of hydrogen-bond donors (Lipinski definition) is 1. The Morgan fingerprint density at radius 2 is 1.64 bits per heavy atom. The summed E-state index contributed by atoms with van der Waals surface area (Å²) in [5.41, 5.74) is 3.24. The Labute approximate surface area is 175 Å². The summed E-state index contributed by atoms with van der Waals surface area (Å²) in [5.74, 6) is 0.0375. The summed E-state index contributed by atoms with van der Waals surface area (Å²) in [7, 11) is 0. The maximum absolute atomic E-state index is 12.5. The summed E-state index contributed by atoms with van der Waals surface area (Å²) >= 11 is 12.1. The van der Waals surface area contributed by atoms with Gasteiger partial charge in [0.15, 0.2) is 0 Å². The number of carbonyl (C=O) groups is 1. The second-order valence-electron chi connectivity index (χ2n) is 6.98. The van der Waals surface area contributed by atoms with E-state index < -0.39 is 0 Å². The van der Waals surface area contributed by atoms with Crippen molar-refractivity contribution in [2.45, 2.75) is 38.8 Å². The fraction of sp³-hybridized carbons (Fsp3) is 0.273. The van der Waals surface area contributed by atoms with Gasteiger partial charge in [-0.05, 0) is 61.7 Å². The van der Waals surface area contributed by atoms with Crippen LogP contribution in [0, 0.1) is 6.92 Å². The average Bonchev–Trinajstić information content (AvgIpc) is 3.06. The van der Waals surface area contributed by atoms with Crippen LogP contribution < -0.4 is 5.32 Å². The van der Waals surface area contributed by atoms with Crippen LogP contribution in [0.1, 0.15) is 29.7 Å². The summed E-state index contributed by atoms with van der Waals surface area (Å²) in [4.78, 5) is 12.5. The number of halogens is 2. The van der Waals surface area contributed by atoms with Crippen molar-refractivity contribution < 1.29 is 4.79 Å². The number of carbonyl (C=O) groups excluding carboxylic acids is 1. The molecule has 0 unspecified atom stereocenters. The van der Waals surface area contributed by atoms with Crippen molar-refractivity contribution in [3.05, 3.63) is 87.7 Å². The molecule has 2 aromatic carbocycles. The molecule has 2 atom stereocenters. The lowest BCUT2D eigenvalue weighted by atomic mass is 9.86. The number of nitrogens with one attached hydrogen (secondary N) is 1. The van der Waals surface area contributed by atoms with Gasteiger partial charge in [-0.3, -0.25) is 9.48 Å². The summed E-state index contributed by atoms with van der Waals surface area (Å²) in [6, 6.07) is 17.4. The van der Waals surface area contributed by atoms with Crippen LogP contribution in [0.4, 0.5) is 0 Å². The van der Waals surface area contributed by atoms with Crippen molar-refractivity contribution >= 4 is 29.1 Å². The zero-order valence-corrected chi connectivity index (χ0v) is 17.4. The topological polar surface area (TPSA) is 46.9 Å². The van der Waals surface area contributed by atoms with Crippen molar-refractivity contribution in [1.82, 2.24) is 15.1 Å². The van der Waals surface area contributed by atoms with Crippen molar-refractivity contribution in [1.29, 1.82) is 0 Å². The monoisotopic (exact) mass is 415 g/mol. The number of nitrogens with zero attached hydrogens (tertiary/aromatic N) is 2. The highest BCUT2D eigenvalue weighted by Crippen LogP contribution is 2.26. The van der Waals surface area contributed by atoms with Gasteiger partial charge in [0.1, 0.15) is 6.54 Å². The quantitative estimate of drug-likeness (QED) is 0.587. The highest BCUT2D eigenvalue weighted by atomic mass is 35.5. The molecule has 0 aliphatic carbocycles. The molecular formula is C22H23Cl2N3O. The van der Waals surface area contributed by atoms with Gasteiger partial charge >= 0.3 is 0 Å². The number of hydrogen-bond acceptors (Lipinski definition) is 2. The highest BCUT2D eigenvalue weighted by molar-refractivity contribution is 6.30. The Kier molecular flexibility index (Phi) is 6.76. The van der Waals surface area contributed by atoms with Crippen LogP contribution in [-0.4, -0.2) is 21.7 Å². The fourth-order valence-electron chi connectivity index (χ4n) is 3.27. The van der Waals surface area contributed by atoms with Crippen molar-refractivity contribution in [3.63, 3.8) is 0 Å². The van der Waals surface area contributed by atoms with Crippen LogP contribution in [0.15, 0.2) is 60.8 Å². The summed E-state index contributed by atoms with van der Waals surface area (Å²) in [5, 5.41) is 8.72. The van der Waals surface area contributed by atoms with Gasteiger partial charge in [0.2, 0.25) is 5.91 Å². The third-order valence-corrected chi connectivity index (χ3v) is 5.39. The second kappa shape index (κ2) is 9.26. The third kappa shape index (κ3) is 5.37. The molecule has 0 bridgehead atoms. The molecule has 0 aliphatic rings. The predicted octanol–water partition coefficient (Wildman–Crippen LogP) is 5.03. The molecule has 28 heavy (non-hydrogen) atoms. The fourth-order valence-corrected chi connectivity index (χ4v) is 3.52. The molecule has 146 valence electrons. The minimum absolute atomic E-state index is 0.0608. The molecule has 0 fully saturated rings. The van der Waals surface area contributed by atoms with E-state index in [2.05, 4.69) is 10.4 Å². The summed E-state index contributed by atoms with van der Waals surface area (Å²) < 4.78 is 1.69. The first-order chi connectivity index (χ1) is 13.4. The number of amides is 1. The van der Waals surface area contributed by atoms with Gasteiger partial charge in [-0.1, -0.05) is 47.5 Å². The van der Waals surface area contributed by atoms with Crippen molar-refractivity contribution in [3.8, 4) is 0 Å². The zero-order chi connectivity index (χ0) is 20.1. The average molecular weight is 416 g/mol. The molecule has 0 aliphatic heterocycles. The normalized spacial score (nSPS) is 13.1. The predicted molar refractivity (Wildman–Crippen MR) is 114 cm³/mol. The molecule has 4 nitrogen and oxygen atoms in total. The lowest BCUT2D eigenvalue weighted by Crippen LogP contribution is -2.39. The molecular weight excluding hydrogens is 393 g/mol. The smallest absolute Gasteiger partial charge is 0.241 e. The van der Waals surface area contributed by atoms with Crippen LogP contribution >= 0.6 is 23.2 Å². The van der Waals surface area contributed by atoms with Crippen molar-refractivity contribution in [2.75, 3.05) is 0 Å². The molecule has 0 saturated heterocycles. The Morgan fingerprint density at radius 1 is 1.04 bits per heavy atom. The van der Waals surface area contributed by atoms with Crippen LogP contribution in [-0.2, 0) is 17.8 Å². The number of aromatic nitrogens is 2. The van der Waals surface area contributed by atoms with E-state index in [0.717, 1.165) is 23.2 Å². The molecule has 3 aromatic rings. The molecule has 0 radical (unpaired) electrons. The van der Waals surface area contributed by atoms with E-state index in [0.29, 0.717) is 10.0 Å². The van der Waals surface area contributed by atoms with Gasteiger partial charge in [0.05, 0.1) is 0 Å². The largest absolute Gasteiger partial charge is 0.351 e. The Bertz CT molecular complexity index is 920. The molecule has 6 heteroatoms. The Hall–Kier alpha value is -2.30.